The van der Waals surface area contributed by atoms with Crippen LogP contribution in [-0.4, -0.2) is 73.0 Å². The Labute approximate surface area is 290 Å². The van der Waals surface area contributed by atoms with Crippen LogP contribution in [0.4, 0.5) is 15.3 Å². The van der Waals surface area contributed by atoms with Crippen molar-refractivity contribution in [2.45, 2.75) is 57.7 Å². The van der Waals surface area contributed by atoms with E-state index in [0.29, 0.717) is 11.1 Å². The summed E-state index contributed by atoms with van der Waals surface area (Å²) in [5.74, 6) is -2.43. The van der Waals surface area contributed by atoms with Gasteiger partial charge in [-0.25, -0.2) is 9.59 Å². The van der Waals surface area contributed by atoms with E-state index < -0.39 is 64.4 Å². The third-order valence-corrected chi connectivity index (χ3v) is 9.16. The Morgan fingerprint density at radius 1 is 0.900 bits per heavy atom. The van der Waals surface area contributed by atoms with E-state index in [1.807, 2.05) is 48.5 Å². The standard InChI is InChI=1S/C35H43N5O9S/c1-21(2)31(40-35(45)49-20-29-27-10-5-3-8-25(27)26-9-4-6-11-28(26)29)33(43)39-30(12-7-16-37-34(36)44)32(42)38-24-14-13-23(19-41)22(18-24)15-17-50(46,47)48/h3-6,8-11,13-14,18,21,29-31,41H,7,12,15-17,19-20H2,1-2H3,(H,38,42)(H,39,43)(H,40,45)(H3,36,37,44)(H,46,47,48)/t30-,31-/m0/s1. The molecule has 0 aromatic heterocycles. The van der Waals surface area contributed by atoms with Crippen molar-refractivity contribution >= 4 is 39.7 Å². The largest absolute Gasteiger partial charge is 0.449 e. The van der Waals surface area contributed by atoms with Gasteiger partial charge in [0.1, 0.15) is 18.7 Å². The number of carbonyl (C=O) groups is 4. The highest BCUT2D eigenvalue weighted by Gasteiger charge is 2.32. The second-order valence-corrected chi connectivity index (χ2v) is 13.9. The summed E-state index contributed by atoms with van der Waals surface area (Å²) in [5.41, 5.74) is 10.4. The lowest BCUT2D eigenvalue weighted by Gasteiger charge is -2.25. The van der Waals surface area contributed by atoms with Gasteiger partial charge in [0.05, 0.1) is 12.4 Å². The zero-order chi connectivity index (χ0) is 36.4. The van der Waals surface area contributed by atoms with Crippen molar-refractivity contribution in [3.05, 3.63) is 89.0 Å². The molecule has 0 unspecified atom stereocenters. The van der Waals surface area contributed by atoms with Crippen molar-refractivity contribution in [3.8, 4) is 11.1 Å². The number of hydrogen-bond acceptors (Lipinski definition) is 8. The first-order valence-corrected chi connectivity index (χ1v) is 17.8. The lowest BCUT2D eigenvalue weighted by molar-refractivity contribution is -0.128. The van der Waals surface area contributed by atoms with Crippen LogP contribution in [0.5, 0.6) is 0 Å². The molecule has 8 N–H and O–H groups in total. The van der Waals surface area contributed by atoms with Crippen molar-refractivity contribution in [3.63, 3.8) is 0 Å². The topological polar surface area (TPSA) is 226 Å². The van der Waals surface area contributed by atoms with Crippen LogP contribution in [0.2, 0.25) is 0 Å². The fourth-order valence-corrected chi connectivity index (χ4v) is 6.39. The summed E-state index contributed by atoms with van der Waals surface area (Å²) in [5, 5.41) is 20.1. The molecule has 3 aromatic carbocycles. The van der Waals surface area contributed by atoms with E-state index in [-0.39, 0.29) is 44.0 Å². The fraction of sp³-hybridized carbons (Fsp3) is 0.371. The van der Waals surface area contributed by atoms with Crippen molar-refractivity contribution < 1.29 is 42.0 Å². The van der Waals surface area contributed by atoms with Crippen LogP contribution < -0.4 is 27.0 Å². The number of aliphatic hydroxyl groups is 1. The van der Waals surface area contributed by atoms with Crippen LogP contribution in [0.15, 0.2) is 66.7 Å². The molecule has 3 aromatic rings. The maximum atomic E-state index is 13.6. The minimum atomic E-state index is -4.28. The van der Waals surface area contributed by atoms with Crippen molar-refractivity contribution in [1.29, 1.82) is 0 Å². The number of primary amides is 1. The fourth-order valence-electron chi connectivity index (χ4n) is 5.91. The second kappa shape index (κ2) is 17.1. The minimum absolute atomic E-state index is 0.0471. The van der Waals surface area contributed by atoms with E-state index in [0.717, 1.165) is 22.3 Å². The smallest absolute Gasteiger partial charge is 0.407 e. The summed E-state index contributed by atoms with van der Waals surface area (Å²) >= 11 is 0. The Kier molecular flexibility index (Phi) is 12.9. The molecule has 5 amide bonds. The van der Waals surface area contributed by atoms with Gasteiger partial charge >= 0.3 is 12.1 Å². The number of urea groups is 1. The van der Waals surface area contributed by atoms with Crippen LogP contribution in [0.1, 0.15) is 54.9 Å². The Balaban J connectivity index is 1.44. The van der Waals surface area contributed by atoms with E-state index in [4.69, 9.17) is 10.5 Å². The van der Waals surface area contributed by atoms with Gasteiger partial charge in [-0.05, 0) is 70.7 Å². The Hall–Kier alpha value is -4.99. The number of ether oxygens (including phenoxy) is 1. The van der Waals surface area contributed by atoms with E-state index in [1.165, 1.54) is 18.2 Å². The predicted octanol–water partition coefficient (Wildman–Crippen LogP) is 3.04. The molecule has 1 aliphatic carbocycles. The van der Waals surface area contributed by atoms with Gasteiger partial charge in [-0.3, -0.25) is 14.1 Å². The molecule has 4 rings (SSSR count). The zero-order valence-electron chi connectivity index (χ0n) is 27.8. The second-order valence-electron chi connectivity index (χ2n) is 12.4. The first-order chi connectivity index (χ1) is 23.8. The summed E-state index contributed by atoms with van der Waals surface area (Å²) in [6.45, 7) is 3.25. The maximum absolute atomic E-state index is 13.6. The third-order valence-electron chi connectivity index (χ3n) is 8.44. The summed E-state index contributed by atoms with van der Waals surface area (Å²) < 4.78 is 37.4. The summed E-state index contributed by atoms with van der Waals surface area (Å²) in [6.07, 6.45) is -0.572. The molecule has 0 heterocycles. The van der Waals surface area contributed by atoms with Crippen LogP contribution in [0.25, 0.3) is 11.1 Å². The third kappa shape index (κ3) is 10.3. The van der Waals surface area contributed by atoms with Crippen LogP contribution in [0, 0.1) is 5.92 Å². The Morgan fingerprint density at radius 3 is 2.12 bits per heavy atom. The van der Waals surface area contributed by atoms with Gasteiger partial charge in [0.15, 0.2) is 0 Å². The number of carbonyl (C=O) groups excluding carboxylic acids is 4. The molecular weight excluding hydrogens is 666 g/mol. The van der Waals surface area contributed by atoms with Gasteiger partial charge in [0.2, 0.25) is 11.8 Å². The van der Waals surface area contributed by atoms with Gasteiger partial charge in [-0.15, -0.1) is 0 Å². The number of nitrogens with one attached hydrogen (secondary N) is 4. The Bertz CT molecular complexity index is 1770. The predicted molar refractivity (Wildman–Crippen MR) is 187 cm³/mol. The number of hydrogen-bond donors (Lipinski definition) is 7. The van der Waals surface area contributed by atoms with E-state index in [9.17, 15) is 37.3 Å². The first kappa shape index (κ1) is 37.8. The highest BCUT2D eigenvalue weighted by molar-refractivity contribution is 7.85. The normalized spacial score (nSPS) is 13.5. The number of nitrogens with two attached hydrogens (primary N) is 1. The van der Waals surface area contributed by atoms with Crippen molar-refractivity contribution in [2.75, 3.05) is 24.2 Å². The highest BCUT2D eigenvalue weighted by Crippen LogP contribution is 2.44. The molecule has 50 heavy (non-hydrogen) atoms. The molecule has 0 aliphatic heterocycles. The molecule has 0 saturated heterocycles. The molecule has 2 atom stereocenters. The number of alkyl carbamates (subject to hydrolysis) is 1. The van der Waals surface area contributed by atoms with E-state index >= 15 is 0 Å². The van der Waals surface area contributed by atoms with Crippen molar-refractivity contribution in [1.82, 2.24) is 16.0 Å². The molecule has 0 bridgehead atoms. The number of aryl methyl sites for hydroxylation is 1. The molecule has 0 radical (unpaired) electrons. The number of anilines is 1. The van der Waals surface area contributed by atoms with Gasteiger partial charge in [-0.1, -0.05) is 68.4 Å². The molecule has 1 aliphatic rings. The lowest BCUT2D eigenvalue weighted by Crippen LogP contribution is -2.54. The molecular formula is C35H43N5O9S. The van der Waals surface area contributed by atoms with Crippen LogP contribution in [-0.2, 0) is 37.5 Å². The summed E-state index contributed by atoms with van der Waals surface area (Å²) in [4.78, 5) is 51.3. The van der Waals surface area contributed by atoms with Crippen molar-refractivity contribution in [2.24, 2.45) is 11.7 Å². The molecule has 15 heteroatoms. The Morgan fingerprint density at radius 2 is 1.54 bits per heavy atom. The number of benzene rings is 3. The van der Waals surface area contributed by atoms with Crippen LogP contribution >= 0.6 is 0 Å². The zero-order valence-corrected chi connectivity index (χ0v) is 28.7. The number of rotatable bonds is 16. The number of fused-ring (bicyclic) bond motifs is 3. The van der Waals surface area contributed by atoms with Gasteiger partial charge in [0, 0.05) is 18.2 Å². The lowest BCUT2D eigenvalue weighted by atomic mass is 9.98. The van der Waals surface area contributed by atoms with Gasteiger partial charge in [-0.2, -0.15) is 8.42 Å². The van der Waals surface area contributed by atoms with Crippen LogP contribution in [0.3, 0.4) is 0 Å². The van der Waals surface area contributed by atoms with Gasteiger partial charge < -0.3 is 36.8 Å². The summed E-state index contributed by atoms with van der Waals surface area (Å²) in [7, 11) is -4.28. The number of amides is 5. The molecule has 14 nitrogen and oxygen atoms in total. The maximum Gasteiger partial charge on any atom is 0.407 e. The quantitative estimate of drug-likeness (QED) is 0.0856. The molecule has 0 saturated carbocycles. The highest BCUT2D eigenvalue weighted by atomic mass is 32.2. The summed E-state index contributed by atoms with van der Waals surface area (Å²) in [6, 6.07) is 17.4. The van der Waals surface area contributed by atoms with E-state index in [1.54, 1.807) is 13.8 Å². The van der Waals surface area contributed by atoms with Gasteiger partial charge in [0.25, 0.3) is 10.1 Å². The SMILES string of the molecule is CC(C)[C@H](NC(=O)OCC1c2ccccc2-c2ccccc21)C(=O)N[C@@H](CCCNC(N)=O)C(=O)Nc1ccc(CO)c(CCS(=O)(=O)O)c1. The number of aliphatic hydroxyl groups excluding tert-OH is 1. The van der Waals surface area contributed by atoms with E-state index in [2.05, 4.69) is 21.3 Å². The average molecular weight is 710 g/mol. The molecule has 268 valence electrons. The monoisotopic (exact) mass is 709 g/mol. The average Bonchev–Trinajstić information content (AvgIpc) is 3.39. The molecule has 0 spiro atoms. The minimum Gasteiger partial charge on any atom is -0.449 e. The first-order valence-electron chi connectivity index (χ1n) is 16.2. The molecule has 0 fully saturated rings.